The van der Waals surface area contributed by atoms with Gasteiger partial charge in [-0.15, -0.1) is 0 Å². The minimum Gasteiger partial charge on any atom is -0.479 e. The van der Waals surface area contributed by atoms with Gasteiger partial charge in [0.25, 0.3) is 0 Å². The van der Waals surface area contributed by atoms with E-state index in [1.54, 1.807) is 19.3 Å². The van der Waals surface area contributed by atoms with Crippen molar-refractivity contribution in [2.24, 2.45) is 0 Å². The van der Waals surface area contributed by atoms with E-state index < -0.39 is 12.1 Å². The summed E-state index contributed by atoms with van der Waals surface area (Å²) in [6, 6.07) is 9.46. The molecular formula is C19H24N4O3. The molecule has 2 heterocycles. The Hall–Kier alpha value is -2.67. The highest BCUT2D eigenvalue weighted by Crippen LogP contribution is 2.22. The molecule has 0 radical (unpaired) electrons. The van der Waals surface area contributed by atoms with E-state index in [1.165, 1.54) is 0 Å². The Balaban J connectivity index is 1.64. The Labute approximate surface area is 153 Å². The number of aliphatic carboxylic acids is 1. The zero-order valence-corrected chi connectivity index (χ0v) is 14.9. The lowest BCUT2D eigenvalue weighted by Crippen LogP contribution is -2.31. The maximum atomic E-state index is 11.1. The first-order chi connectivity index (χ1) is 12.6. The molecule has 1 aliphatic rings. The zero-order valence-electron chi connectivity index (χ0n) is 14.9. The van der Waals surface area contributed by atoms with E-state index in [0.29, 0.717) is 5.75 Å². The molecule has 1 aromatic carbocycles. The molecule has 7 nitrogen and oxygen atoms in total. The summed E-state index contributed by atoms with van der Waals surface area (Å²) in [7, 11) is 0. The lowest BCUT2D eigenvalue weighted by molar-refractivity contribution is -0.144. The van der Waals surface area contributed by atoms with Gasteiger partial charge in [-0.25, -0.2) is 14.8 Å². The van der Waals surface area contributed by atoms with Crippen LogP contribution in [0, 0.1) is 0 Å². The summed E-state index contributed by atoms with van der Waals surface area (Å²) in [5.41, 5.74) is 1.00. The summed E-state index contributed by atoms with van der Waals surface area (Å²) >= 11 is 0. The molecule has 2 aromatic rings. The molecule has 1 fully saturated rings. The standard InChI is InChI=1S/C19H24N4O3/c1-15(18(24)25)26-17-7-3-2-6-16(17)14-22-10-5-11-23(13-12-22)19-20-8-4-9-21-19/h2-4,6-9,15H,5,10-14H2,1H3,(H,24,25)/t15-/m1/s1. The van der Waals surface area contributed by atoms with Gasteiger partial charge < -0.3 is 14.7 Å². The van der Waals surface area contributed by atoms with Gasteiger partial charge >= 0.3 is 5.97 Å². The average molecular weight is 356 g/mol. The normalized spacial score (nSPS) is 16.7. The van der Waals surface area contributed by atoms with Gasteiger partial charge in [-0.2, -0.15) is 0 Å². The van der Waals surface area contributed by atoms with Gasteiger partial charge in [-0.05, 0) is 25.5 Å². The first-order valence-corrected chi connectivity index (χ1v) is 8.85. The Bertz CT molecular complexity index is 726. The fourth-order valence-electron chi connectivity index (χ4n) is 3.01. The van der Waals surface area contributed by atoms with Crippen LogP contribution in [0.4, 0.5) is 5.95 Å². The molecule has 1 N–H and O–H groups in total. The predicted octanol–water partition coefficient (Wildman–Crippen LogP) is 2.04. The van der Waals surface area contributed by atoms with Crippen molar-refractivity contribution in [3.05, 3.63) is 48.3 Å². The van der Waals surface area contributed by atoms with Crippen molar-refractivity contribution in [2.45, 2.75) is 26.0 Å². The topological polar surface area (TPSA) is 78.8 Å². The molecule has 138 valence electrons. The molecule has 7 heteroatoms. The summed E-state index contributed by atoms with van der Waals surface area (Å²) in [5.74, 6) is 0.441. The minimum absolute atomic E-state index is 0.634. The second-order valence-corrected chi connectivity index (χ2v) is 6.37. The number of anilines is 1. The van der Waals surface area contributed by atoms with Crippen LogP contribution in [0.15, 0.2) is 42.7 Å². The molecule has 26 heavy (non-hydrogen) atoms. The number of hydrogen-bond donors (Lipinski definition) is 1. The highest BCUT2D eigenvalue weighted by atomic mass is 16.5. The number of carbonyl (C=O) groups is 1. The van der Waals surface area contributed by atoms with E-state index in [2.05, 4.69) is 19.8 Å². The lowest BCUT2D eigenvalue weighted by Gasteiger charge is -2.23. The fourth-order valence-corrected chi connectivity index (χ4v) is 3.01. The van der Waals surface area contributed by atoms with Crippen molar-refractivity contribution in [3.63, 3.8) is 0 Å². The van der Waals surface area contributed by atoms with Crippen LogP contribution in [-0.2, 0) is 11.3 Å². The molecule has 0 spiro atoms. The SMILES string of the molecule is C[C@@H](Oc1ccccc1CN1CCCN(c2ncccn2)CC1)C(=O)O. The van der Waals surface area contributed by atoms with Gasteiger partial charge in [0.05, 0.1) is 0 Å². The summed E-state index contributed by atoms with van der Waals surface area (Å²) in [5, 5.41) is 9.08. The van der Waals surface area contributed by atoms with Crippen LogP contribution in [-0.4, -0.2) is 58.2 Å². The molecule has 1 aliphatic heterocycles. The van der Waals surface area contributed by atoms with Gasteiger partial charge in [-0.1, -0.05) is 18.2 Å². The van der Waals surface area contributed by atoms with Gasteiger partial charge in [0.1, 0.15) is 5.75 Å². The van der Waals surface area contributed by atoms with E-state index in [1.807, 2.05) is 30.3 Å². The van der Waals surface area contributed by atoms with Crippen molar-refractivity contribution in [1.82, 2.24) is 14.9 Å². The van der Waals surface area contributed by atoms with Crippen LogP contribution in [0.3, 0.4) is 0 Å². The highest BCUT2D eigenvalue weighted by Gasteiger charge is 2.19. The number of aromatic nitrogens is 2. The van der Waals surface area contributed by atoms with E-state index in [9.17, 15) is 4.79 Å². The molecule has 0 unspecified atom stereocenters. The quantitative estimate of drug-likeness (QED) is 0.848. The molecule has 0 saturated carbocycles. The third-order valence-electron chi connectivity index (χ3n) is 4.44. The molecule has 0 aliphatic carbocycles. The number of rotatable bonds is 6. The smallest absolute Gasteiger partial charge is 0.344 e. The maximum Gasteiger partial charge on any atom is 0.344 e. The number of para-hydroxylation sites is 1. The number of hydrogen-bond acceptors (Lipinski definition) is 6. The Kier molecular flexibility index (Phi) is 6.01. The van der Waals surface area contributed by atoms with Gasteiger partial charge in [-0.3, -0.25) is 4.90 Å². The number of benzene rings is 1. The van der Waals surface area contributed by atoms with E-state index in [0.717, 1.165) is 50.7 Å². The average Bonchev–Trinajstić information content (AvgIpc) is 2.89. The third kappa shape index (κ3) is 4.70. The highest BCUT2D eigenvalue weighted by molar-refractivity contribution is 5.72. The Morgan fingerprint density at radius 2 is 1.92 bits per heavy atom. The van der Waals surface area contributed by atoms with Crippen molar-refractivity contribution >= 4 is 11.9 Å². The molecular weight excluding hydrogens is 332 g/mol. The number of carboxylic acid groups (broad SMARTS) is 1. The lowest BCUT2D eigenvalue weighted by atomic mass is 10.2. The molecule has 3 rings (SSSR count). The van der Waals surface area contributed by atoms with Crippen LogP contribution >= 0.6 is 0 Å². The van der Waals surface area contributed by atoms with E-state index in [4.69, 9.17) is 9.84 Å². The number of ether oxygens (including phenoxy) is 1. The number of nitrogens with zero attached hydrogens (tertiary/aromatic N) is 4. The Morgan fingerprint density at radius 1 is 1.15 bits per heavy atom. The second kappa shape index (κ2) is 8.62. The van der Waals surface area contributed by atoms with Crippen LogP contribution in [0.2, 0.25) is 0 Å². The summed E-state index contributed by atoms with van der Waals surface area (Å²) in [6.07, 6.45) is 3.68. The first kappa shape index (κ1) is 18.1. The van der Waals surface area contributed by atoms with Crippen LogP contribution in [0.25, 0.3) is 0 Å². The van der Waals surface area contributed by atoms with Gasteiger partial charge in [0.2, 0.25) is 5.95 Å². The Morgan fingerprint density at radius 3 is 2.69 bits per heavy atom. The van der Waals surface area contributed by atoms with Crippen LogP contribution in [0.5, 0.6) is 5.75 Å². The summed E-state index contributed by atoms with van der Waals surface area (Å²) < 4.78 is 5.61. The molecule has 0 amide bonds. The van der Waals surface area contributed by atoms with Crippen LogP contribution in [0.1, 0.15) is 18.9 Å². The predicted molar refractivity (Wildman–Crippen MR) is 98.3 cm³/mol. The maximum absolute atomic E-state index is 11.1. The second-order valence-electron chi connectivity index (χ2n) is 6.37. The van der Waals surface area contributed by atoms with Crippen molar-refractivity contribution in [2.75, 3.05) is 31.1 Å². The third-order valence-corrected chi connectivity index (χ3v) is 4.44. The van der Waals surface area contributed by atoms with Crippen LogP contribution < -0.4 is 9.64 Å². The van der Waals surface area contributed by atoms with E-state index >= 15 is 0 Å². The monoisotopic (exact) mass is 356 g/mol. The van der Waals surface area contributed by atoms with Crippen molar-refractivity contribution < 1.29 is 14.6 Å². The summed E-state index contributed by atoms with van der Waals surface area (Å²) in [4.78, 5) is 24.3. The van der Waals surface area contributed by atoms with Gasteiger partial charge in [0, 0.05) is 50.7 Å². The van der Waals surface area contributed by atoms with Crippen molar-refractivity contribution in [1.29, 1.82) is 0 Å². The fraction of sp³-hybridized carbons (Fsp3) is 0.421. The zero-order chi connectivity index (χ0) is 18.4. The summed E-state index contributed by atoms with van der Waals surface area (Å²) in [6.45, 7) is 5.91. The van der Waals surface area contributed by atoms with E-state index in [-0.39, 0.29) is 0 Å². The molecule has 0 bridgehead atoms. The molecule has 1 aromatic heterocycles. The molecule has 1 saturated heterocycles. The number of carboxylic acids is 1. The first-order valence-electron chi connectivity index (χ1n) is 8.85. The largest absolute Gasteiger partial charge is 0.479 e. The minimum atomic E-state index is -0.965. The molecule has 1 atom stereocenters. The van der Waals surface area contributed by atoms with Gasteiger partial charge in [0.15, 0.2) is 6.10 Å². The van der Waals surface area contributed by atoms with Crippen molar-refractivity contribution in [3.8, 4) is 5.75 Å².